The van der Waals surface area contributed by atoms with Gasteiger partial charge < -0.3 is 10.2 Å². The second-order valence-electron chi connectivity index (χ2n) is 8.46. The third kappa shape index (κ3) is 4.57. The average Bonchev–Trinajstić information content (AvgIpc) is 3.06. The topological polar surface area (TPSA) is 65.5 Å². The van der Waals surface area contributed by atoms with Crippen LogP contribution in [0.25, 0.3) is 5.57 Å². The van der Waals surface area contributed by atoms with Crippen molar-refractivity contribution in [2.45, 2.75) is 34.2 Å². The number of hydrogen-bond donors (Lipinski definition) is 1. The Labute approximate surface area is 200 Å². The summed E-state index contributed by atoms with van der Waals surface area (Å²) in [7, 11) is 0. The van der Waals surface area contributed by atoms with Crippen molar-refractivity contribution in [3.05, 3.63) is 94.9 Å². The van der Waals surface area contributed by atoms with E-state index < -0.39 is 0 Å². The Morgan fingerprint density at radius 1 is 0.882 bits per heavy atom. The molecular formula is C28H30N4O2. The van der Waals surface area contributed by atoms with E-state index in [-0.39, 0.29) is 18.4 Å². The van der Waals surface area contributed by atoms with Crippen LogP contribution in [-0.4, -0.2) is 34.8 Å². The third-order valence-electron chi connectivity index (χ3n) is 6.17. The first-order chi connectivity index (χ1) is 16.4. The fourth-order valence-corrected chi connectivity index (χ4v) is 4.34. The molecule has 0 atom stereocenters. The van der Waals surface area contributed by atoms with Gasteiger partial charge in [-0.1, -0.05) is 23.8 Å². The second kappa shape index (κ2) is 9.91. The maximum atomic E-state index is 13.6. The number of nitrogens with zero attached hydrogens (tertiary/aromatic N) is 3. The lowest BCUT2D eigenvalue weighted by Gasteiger charge is -2.21. The SMILES string of the molecule is CCN(CC)c1ccc(NC2=C(c3ccc(C)cc3C)C(=O)N(Cc3ccncc3)C2=O)cc1. The molecule has 34 heavy (non-hydrogen) atoms. The van der Waals surface area contributed by atoms with E-state index in [1.807, 2.05) is 68.4 Å². The number of rotatable bonds is 8. The molecule has 2 aromatic carbocycles. The van der Waals surface area contributed by atoms with Crippen molar-refractivity contribution in [3.63, 3.8) is 0 Å². The van der Waals surface area contributed by atoms with Crippen LogP contribution in [0.3, 0.4) is 0 Å². The fourth-order valence-electron chi connectivity index (χ4n) is 4.34. The molecule has 4 rings (SSSR count). The van der Waals surface area contributed by atoms with E-state index in [0.29, 0.717) is 11.3 Å². The van der Waals surface area contributed by atoms with Crippen LogP contribution in [0.15, 0.2) is 72.7 Å². The van der Waals surface area contributed by atoms with Crippen molar-refractivity contribution >= 4 is 28.8 Å². The van der Waals surface area contributed by atoms with E-state index in [9.17, 15) is 9.59 Å². The number of benzene rings is 2. The van der Waals surface area contributed by atoms with Crippen molar-refractivity contribution < 1.29 is 9.59 Å². The number of imide groups is 1. The van der Waals surface area contributed by atoms with Crippen molar-refractivity contribution in [3.8, 4) is 0 Å². The summed E-state index contributed by atoms with van der Waals surface area (Å²) in [4.78, 5) is 34.7. The first kappa shape index (κ1) is 23.2. The zero-order valence-corrected chi connectivity index (χ0v) is 20.1. The molecule has 3 aromatic rings. The molecule has 0 saturated heterocycles. The molecule has 6 heteroatoms. The summed E-state index contributed by atoms with van der Waals surface area (Å²) in [5.41, 5.74) is 6.27. The number of aryl methyl sites for hydroxylation is 2. The summed E-state index contributed by atoms with van der Waals surface area (Å²) in [6.07, 6.45) is 3.32. The molecule has 0 aliphatic carbocycles. The molecule has 174 valence electrons. The van der Waals surface area contributed by atoms with Gasteiger partial charge in [0, 0.05) is 36.9 Å². The molecule has 1 aliphatic rings. The molecule has 1 aliphatic heterocycles. The summed E-state index contributed by atoms with van der Waals surface area (Å²) < 4.78 is 0. The van der Waals surface area contributed by atoms with Crippen molar-refractivity contribution in [1.82, 2.24) is 9.88 Å². The molecule has 6 nitrogen and oxygen atoms in total. The number of pyridine rings is 1. The van der Waals surface area contributed by atoms with Crippen molar-refractivity contribution in [2.75, 3.05) is 23.3 Å². The second-order valence-corrected chi connectivity index (χ2v) is 8.46. The van der Waals surface area contributed by atoms with Gasteiger partial charge in [0.05, 0.1) is 12.1 Å². The maximum Gasteiger partial charge on any atom is 0.278 e. The quantitative estimate of drug-likeness (QED) is 0.489. The number of hydrogen-bond acceptors (Lipinski definition) is 5. The minimum Gasteiger partial charge on any atom is -0.372 e. The zero-order valence-electron chi connectivity index (χ0n) is 20.1. The van der Waals surface area contributed by atoms with Gasteiger partial charge in [0.25, 0.3) is 11.8 Å². The molecule has 0 spiro atoms. The number of amides is 2. The first-order valence-corrected chi connectivity index (χ1v) is 11.6. The molecule has 2 amide bonds. The van der Waals surface area contributed by atoms with Gasteiger partial charge in [-0.25, -0.2) is 0 Å². The Morgan fingerprint density at radius 2 is 1.56 bits per heavy atom. The largest absolute Gasteiger partial charge is 0.372 e. The van der Waals surface area contributed by atoms with Gasteiger partial charge in [0.1, 0.15) is 5.70 Å². The molecule has 0 bridgehead atoms. The van der Waals surface area contributed by atoms with Gasteiger partial charge in [-0.05, 0) is 80.8 Å². The van der Waals surface area contributed by atoms with Crippen molar-refractivity contribution in [2.24, 2.45) is 0 Å². The molecule has 1 aromatic heterocycles. The minimum absolute atomic E-state index is 0.195. The van der Waals surface area contributed by atoms with Crippen LogP contribution in [0, 0.1) is 13.8 Å². The number of nitrogens with one attached hydrogen (secondary N) is 1. The molecule has 0 fully saturated rings. The van der Waals surface area contributed by atoms with Crippen molar-refractivity contribution in [1.29, 1.82) is 0 Å². The molecular weight excluding hydrogens is 424 g/mol. The van der Waals surface area contributed by atoms with Crippen LogP contribution < -0.4 is 10.2 Å². The van der Waals surface area contributed by atoms with E-state index in [2.05, 4.69) is 29.0 Å². The highest BCUT2D eigenvalue weighted by Gasteiger charge is 2.39. The Bertz CT molecular complexity index is 1230. The summed E-state index contributed by atoms with van der Waals surface area (Å²) in [6.45, 7) is 10.3. The van der Waals surface area contributed by atoms with Crippen LogP contribution in [0.4, 0.5) is 11.4 Å². The average molecular weight is 455 g/mol. The Morgan fingerprint density at radius 3 is 2.18 bits per heavy atom. The Balaban J connectivity index is 1.72. The van der Waals surface area contributed by atoms with Crippen LogP contribution in [0.1, 0.15) is 36.1 Å². The zero-order chi connectivity index (χ0) is 24.2. The lowest BCUT2D eigenvalue weighted by Crippen LogP contribution is -2.32. The van der Waals surface area contributed by atoms with Gasteiger partial charge in [-0.3, -0.25) is 19.5 Å². The van der Waals surface area contributed by atoms with Crippen LogP contribution in [0.2, 0.25) is 0 Å². The lowest BCUT2D eigenvalue weighted by molar-refractivity contribution is -0.137. The molecule has 0 unspecified atom stereocenters. The minimum atomic E-state index is -0.329. The fraction of sp³-hybridized carbons (Fsp3) is 0.250. The summed E-state index contributed by atoms with van der Waals surface area (Å²) in [5.74, 6) is -0.624. The van der Waals surface area contributed by atoms with E-state index in [4.69, 9.17) is 0 Å². The predicted molar refractivity (Wildman–Crippen MR) is 136 cm³/mol. The van der Waals surface area contributed by atoms with Crippen LogP contribution in [0.5, 0.6) is 0 Å². The molecule has 2 heterocycles. The number of carbonyl (C=O) groups excluding carboxylic acids is 2. The van der Waals surface area contributed by atoms with Crippen LogP contribution in [-0.2, 0) is 16.1 Å². The number of aromatic nitrogens is 1. The predicted octanol–water partition coefficient (Wildman–Crippen LogP) is 4.94. The summed E-state index contributed by atoms with van der Waals surface area (Å²) in [6, 6.07) is 17.5. The Kier molecular flexibility index (Phi) is 6.77. The number of carbonyl (C=O) groups is 2. The molecule has 1 N–H and O–H groups in total. The highest BCUT2D eigenvalue weighted by atomic mass is 16.2. The van der Waals surface area contributed by atoms with Gasteiger partial charge in [-0.2, -0.15) is 0 Å². The Hall–Kier alpha value is -3.93. The molecule has 0 saturated carbocycles. The third-order valence-corrected chi connectivity index (χ3v) is 6.17. The smallest absolute Gasteiger partial charge is 0.278 e. The van der Waals surface area contributed by atoms with E-state index in [1.165, 1.54) is 4.90 Å². The highest BCUT2D eigenvalue weighted by Crippen LogP contribution is 2.33. The highest BCUT2D eigenvalue weighted by molar-refractivity contribution is 6.36. The standard InChI is InChI=1S/C28H30N4O2/c1-5-31(6-2)23-10-8-22(9-11-23)30-26-25(24-12-7-19(3)17-20(24)4)27(33)32(28(26)34)18-21-13-15-29-16-14-21/h7-17,30H,5-6,18H2,1-4H3. The van der Waals surface area contributed by atoms with E-state index >= 15 is 0 Å². The summed E-state index contributed by atoms with van der Waals surface area (Å²) >= 11 is 0. The number of anilines is 2. The lowest BCUT2D eigenvalue weighted by atomic mass is 9.97. The van der Waals surface area contributed by atoms with E-state index in [0.717, 1.165) is 46.7 Å². The molecule has 0 radical (unpaired) electrons. The summed E-state index contributed by atoms with van der Waals surface area (Å²) in [5, 5.41) is 3.27. The monoisotopic (exact) mass is 454 g/mol. The van der Waals surface area contributed by atoms with Crippen LogP contribution >= 0.6 is 0 Å². The van der Waals surface area contributed by atoms with Gasteiger partial charge in [-0.15, -0.1) is 0 Å². The van der Waals surface area contributed by atoms with Gasteiger partial charge in [0.2, 0.25) is 0 Å². The van der Waals surface area contributed by atoms with Gasteiger partial charge in [0.15, 0.2) is 0 Å². The normalized spacial score (nSPS) is 13.6. The van der Waals surface area contributed by atoms with Gasteiger partial charge >= 0.3 is 0 Å². The first-order valence-electron chi connectivity index (χ1n) is 11.6. The van der Waals surface area contributed by atoms with E-state index in [1.54, 1.807) is 12.4 Å². The maximum absolute atomic E-state index is 13.6.